The molecule has 0 amide bonds. The number of hydrogen-bond acceptors (Lipinski definition) is 4. The quantitative estimate of drug-likeness (QED) is 0.860. The summed E-state index contributed by atoms with van der Waals surface area (Å²) in [7, 11) is -3.23. The molecule has 19 heavy (non-hydrogen) atoms. The summed E-state index contributed by atoms with van der Waals surface area (Å²) in [6, 6.07) is 6.15. The first-order chi connectivity index (χ1) is 8.73. The topological polar surface area (TPSA) is 83.5 Å². The van der Waals surface area contributed by atoms with Crippen molar-refractivity contribution in [1.29, 1.82) is 0 Å². The monoisotopic (exact) mass is 283 g/mol. The van der Waals surface area contributed by atoms with Gasteiger partial charge in [0.15, 0.2) is 9.84 Å². The van der Waals surface area contributed by atoms with Crippen molar-refractivity contribution in [1.82, 2.24) is 0 Å². The van der Waals surface area contributed by atoms with Crippen LogP contribution >= 0.6 is 0 Å². The van der Waals surface area contributed by atoms with Gasteiger partial charge in [0.05, 0.1) is 4.90 Å². The number of anilines is 1. The first-order valence-corrected chi connectivity index (χ1v) is 7.94. The minimum absolute atomic E-state index is 0.125. The van der Waals surface area contributed by atoms with Gasteiger partial charge in [0, 0.05) is 11.9 Å². The van der Waals surface area contributed by atoms with E-state index in [1.165, 1.54) is 12.1 Å². The molecule has 1 saturated carbocycles. The predicted molar refractivity (Wildman–Crippen MR) is 71.9 cm³/mol. The summed E-state index contributed by atoms with van der Waals surface area (Å²) >= 11 is 0. The highest BCUT2D eigenvalue weighted by Gasteiger charge is 2.47. The molecule has 6 heteroatoms. The molecule has 1 fully saturated rings. The standard InChI is InChI=1S/C13H17NO4S/c1-13(12(15)16,9-3-4-9)14-10-5-7-11(8-6-10)19(2,17)18/h5-9,14H,3-4H2,1-2H3,(H,15,16). The maximum atomic E-state index is 11.4. The van der Waals surface area contributed by atoms with Gasteiger partial charge in [-0.25, -0.2) is 13.2 Å². The van der Waals surface area contributed by atoms with Gasteiger partial charge in [0.1, 0.15) is 5.54 Å². The summed E-state index contributed by atoms with van der Waals surface area (Å²) in [4.78, 5) is 11.6. The summed E-state index contributed by atoms with van der Waals surface area (Å²) in [5.74, 6) is -0.762. The number of carboxylic acid groups (broad SMARTS) is 1. The molecule has 0 spiro atoms. The van der Waals surface area contributed by atoms with Crippen molar-refractivity contribution in [2.45, 2.75) is 30.2 Å². The van der Waals surface area contributed by atoms with Crippen LogP contribution in [0.1, 0.15) is 19.8 Å². The zero-order chi connectivity index (χ0) is 14.3. The zero-order valence-corrected chi connectivity index (χ0v) is 11.7. The molecule has 0 heterocycles. The molecule has 5 nitrogen and oxygen atoms in total. The lowest BCUT2D eigenvalue weighted by atomic mass is 9.95. The number of rotatable bonds is 5. The third kappa shape index (κ3) is 2.89. The van der Waals surface area contributed by atoms with E-state index >= 15 is 0 Å². The number of carbonyl (C=O) groups is 1. The van der Waals surface area contributed by atoms with Crippen LogP contribution in [-0.2, 0) is 14.6 Å². The van der Waals surface area contributed by atoms with Crippen LogP contribution in [0.2, 0.25) is 0 Å². The Balaban J connectivity index is 2.21. The van der Waals surface area contributed by atoms with Gasteiger partial charge in [-0.3, -0.25) is 0 Å². The van der Waals surface area contributed by atoms with E-state index in [9.17, 15) is 18.3 Å². The zero-order valence-electron chi connectivity index (χ0n) is 10.9. The molecule has 1 unspecified atom stereocenters. The Bertz CT molecular complexity index is 590. The van der Waals surface area contributed by atoms with Crippen LogP contribution in [0, 0.1) is 5.92 Å². The molecule has 0 saturated heterocycles. The number of benzene rings is 1. The van der Waals surface area contributed by atoms with E-state index in [1.807, 2.05) is 0 Å². The Kier molecular flexibility index (Phi) is 3.30. The van der Waals surface area contributed by atoms with Crippen LogP contribution in [0.4, 0.5) is 5.69 Å². The van der Waals surface area contributed by atoms with E-state index in [0.29, 0.717) is 5.69 Å². The lowest BCUT2D eigenvalue weighted by Gasteiger charge is -2.27. The lowest BCUT2D eigenvalue weighted by Crippen LogP contribution is -2.45. The van der Waals surface area contributed by atoms with E-state index in [2.05, 4.69) is 5.32 Å². The Morgan fingerprint density at radius 1 is 1.32 bits per heavy atom. The van der Waals surface area contributed by atoms with Gasteiger partial charge in [-0.05, 0) is 49.9 Å². The first-order valence-electron chi connectivity index (χ1n) is 6.05. The number of nitrogens with one attached hydrogen (secondary N) is 1. The maximum Gasteiger partial charge on any atom is 0.329 e. The molecule has 2 rings (SSSR count). The number of sulfone groups is 1. The van der Waals surface area contributed by atoms with Crippen molar-refractivity contribution < 1.29 is 18.3 Å². The second-order valence-corrected chi connectivity index (χ2v) is 7.22. The van der Waals surface area contributed by atoms with E-state index in [-0.39, 0.29) is 10.8 Å². The van der Waals surface area contributed by atoms with Crippen molar-refractivity contribution in [2.75, 3.05) is 11.6 Å². The van der Waals surface area contributed by atoms with Crippen molar-refractivity contribution in [3.63, 3.8) is 0 Å². The van der Waals surface area contributed by atoms with Crippen molar-refractivity contribution >= 4 is 21.5 Å². The molecule has 0 aliphatic heterocycles. The molecule has 2 N–H and O–H groups in total. The van der Waals surface area contributed by atoms with Crippen LogP contribution in [0.15, 0.2) is 29.2 Å². The van der Waals surface area contributed by atoms with Crippen LogP contribution in [0.25, 0.3) is 0 Å². The minimum Gasteiger partial charge on any atom is -0.480 e. The van der Waals surface area contributed by atoms with Gasteiger partial charge in [-0.1, -0.05) is 0 Å². The molecule has 0 aromatic heterocycles. The first kappa shape index (κ1) is 13.9. The Morgan fingerprint density at radius 3 is 2.21 bits per heavy atom. The van der Waals surface area contributed by atoms with Crippen LogP contribution in [0.3, 0.4) is 0 Å². The van der Waals surface area contributed by atoms with Gasteiger partial charge < -0.3 is 10.4 Å². The Labute approximate surface area is 112 Å². The fraction of sp³-hybridized carbons (Fsp3) is 0.462. The fourth-order valence-corrected chi connectivity index (χ4v) is 2.71. The van der Waals surface area contributed by atoms with E-state index in [1.54, 1.807) is 19.1 Å². The van der Waals surface area contributed by atoms with Crippen molar-refractivity contribution in [3.8, 4) is 0 Å². The normalized spacial score (nSPS) is 18.6. The number of carboxylic acids is 1. The molecule has 1 aliphatic rings. The molecule has 1 atom stereocenters. The average molecular weight is 283 g/mol. The largest absolute Gasteiger partial charge is 0.480 e. The summed E-state index contributed by atoms with van der Waals surface area (Å²) in [5, 5.41) is 12.3. The third-order valence-corrected chi connectivity index (χ3v) is 4.65. The van der Waals surface area contributed by atoms with Crippen LogP contribution < -0.4 is 5.32 Å². The van der Waals surface area contributed by atoms with E-state index in [0.717, 1.165) is 19.1 Å². The molecular formula is C13H17NO4S. The predicted octanol–water partition coefficient (Wildman–Crippen LogP) is 1.76. The highest BCUT2D eigenvalue weighted by molar-refractivity contribution is 7.90. The molecular weight excluding hydrogens is 266 g/mol. The molecule has 104 valence electrons. The summed E-state index contributed by atoms with van der Waals surface area (Å²) in [5.41, 5.74) is -0.378. The minimum atomic E-state index is -3.23. The van der Waals surface area contributed by atoms with E-state index < -0.39 is 21.3 Å². The Hall–Kier alpha value is -1.56. The van der Waals surface area contributed by atoms with E-state index in [4.69, 9.17) is 0 Å². The SMILES string of the molecule is CC(Nc1ccc(S(C)(=O)=O)cc1)(C(=O)O)C1CC1. The van der Waals surface area contributed by atoms with Crippen molar-refractivity contribution in [2.24, 2.45) is 5.92 Å². The fourth-order valence-electron chi connectivity index (χ4n) is 2.08. The molecule has 1 aromatic carbocycles. The maximum absolute atomic E-state index is 11.4. The van der Waals surface area contributed by atoms with Gasteiger partial charge in [-0.15, -0.1) is 0 Å². The second kappa shape index (κ2) is 4.52. The molecule has 0 bridgehead atoms. The van der Waals surface area contributed by atoms with Crippen LogP contribution in [-0.4, -0.2) is 31.3 Å². The van der Waals surface area contributed by atoms with Crippen molar-refractivity contribution in [3.05, 3.63) is 24.3 Å². The third-order valence-electron chi connectivity index (χ3n) is 3.52. The van der Waals surface area contributed by atoms with Gasteiger partial charge in [0.2, 0.25) is 0 Å². The van der Waals surface area contributed by atoms with Crippen LogP contribution in [0.5, 0.6) is 0 Å². The average Bonchev–Trinajstić information content (AvgIpc) is 3.12. The molecule has 1 aromatic rings. The highest BCUT2D eigenvalue weighted by Crippen LogP contribution is 2.41. The summed E-state index contributed by atoms with van der Waals surface area (Å²) in [6.07, 6.45) is 2.94. The second-order valence-electron chi connectivity index (χ2n) is 5.20. The number of hydrogen-bond donors (Lipinski definition) is 2. The van der Waals surface area contributed by atoms with Gasteiger partial charge in [-0.2, -0.15) is 0 Å². The van der Waals surface area contributed by atoms with Gasteiger partial charge in [0.25, 0.3) is 0 Å². The van der Waals surface area contributed by atoms with Gasteiger partial charge >= 0.3 is 5.97 Å². The summed E-state index contributed by atoms with van der Waals surface area (Å²) < 4.78 is 22.7. The Morgan fingerprint density at radius 2 is 1.84 bits per heavy atom. The molecule has 1 aliphatic carbocycles. The highest BCUT2D eigenvalue weighted by atomic mass is 32.2. The lowest BCUT2D eigenvalue weighted by molar-refractivity contribution is -0.142. The molecule has 0 radical (unpaired) electrons. The summed E-state index contributed by atoms with van der Waals surface area (Å²) in [6.45, 7) is 1.66. The number of aliphatic carboxylic acids is 1. The smallest absolute Gasteiger partial charge is 0.329 e.